The minimum absolute atomic E-state index is 0.0692. The topological polar surface area (TPSA) is 41.8 Å². The third-order valence-electron chi connectivity index (χ3n) is 10.3. The van der Waals surface area contributed by atoms with Crippen molar-refractivity contribution in [2.24, 2.45) is 52.0 Å². The first-order chi connectivity index (χ1) is 13.7. The van der Waals surface area contributed by atoms with Crippen LogP contribution in [0.2, 0.25) is 0 Å². The Morgan fingerprint density at radius 2 is 2.14 bits per heavy atom. The van der Waals surface area contributed by atoms with Crippen molar-refractivity contribution in [2.45, 2.75) is 70.8 Å². The highest BCUT2D eigenvalue weighted by Crippen LogP contribution is 2.79. The zero-order valence-corrected chi connectivity index (χ0v) is 17.4. The van der Waals surface area contributed by atoms with Gasteiger partial charge < -0.3 is 9.94 Å². The average molecular weight is 382 g/mol. The van der Waals surface area contributed by atoms with Gasteiger partial charge in [0, 0.05) is 5.41 Å². The molecule has 3 nitrogen and oxygen atoms in total. The van der Waals surface area contributed by atoms with E-state index >= 15 is 0 Å². The fourth-order valence-electron chi connectivity index (χ4n) is 9.36. The average Bonchev–Trinajstić information content (AvgIpc) is 3.31. The Balaban J connectivity index is 1.42. The van der Waals surface area contributed by atoms with Gasteiger partial charge in [-0.25, -0.2) is 0 Å². The normalized spacial score (nSPS) is 54.9. The largest absolute Gasteiger partial charge is 0.411 e. The van der Waals surface area contributed by atoms with Crippen molar-refractivity contribution in [1.29, 1.82) is 0 Å². The molecule has 4 fully saturated rings. The summed E-state index contributed by atoms with van der Waals surface area (Å²) in [7, 11) is 0. The zero-order valence-electron chi connectivity index (χ0n) is 17.4. The smallest absolute Gasteiger partial charge is 0.0957 e. The van der Waals surface area contributed by atoms with E-state index in [1.165, 1.54) is 44.9 Å². The van der Waals surface area contributed by atoms with Gasteiger partial charge >= 0.3 is 0 Å². The maximum absolute atomic E-state index is 9.31. The molecule has 6 rings (SSSR count). The molecular weight excluding hydrogens is 346 g/mol. The number of allylic oxidation sites excluding steroid dienone is 2. The van der Waals surface area contributed by atoms with Gasteiger partial charge in [-0.15, -0.1) is 0 Å². The van der Waals surface area contributed by atoms with E-state index < -0.39 is 0 Å². The molecule has 0 aromatic carbocycles. The minimum atomic E-state index is 0.0692. The maximum Gasteiger partial charge on any atom is 0.0957 e. The number of fused-ring (bicyclic) bond motifs is 9. The zero-order chi connectivity index (χ0) is 19.1. The van der Waals surface area contributed by atoms with Crippen LogP contribution < -0.4 is 0 Å². The predicted octanol–water partition coefficient (Wildman–Crippen LogP) is 5.60. The summed E-state index contributed by atoms with van der Waals surface area (Å²) in [6.07, 6.45) is 17.2. The Bertz CT molecular complexity index is 769. The van der Waals surface area contributed by atoms with Crippen LogP contribution in [0.25, 0.3) is 0 Å². The highest BCUT2D eigenvalue weighted by atomic mass is 16.5. The second-order valence-corrected chi connectivity index (χ2v) is 10.7. The van der Waals surface area contributed by atoms with Crippen LogP contribution in [0.5, 0.6) is 0 Å². The van der Waals surface area contributed by atoms with Gasteiger partial charge in [0.1, 0.15) is 0 Å². The molecule has 3 heteroatoms. The van der Waals surface area contributed by atoms with Gasteiger partial charge in [-0.2, -0.15) is 0 Å². The third-order valence-corrected chi connectivity index (χ3v) is 10.3. The van der Waals surface area contributed by atoms with Crippen LogP contribution in [0.4, 0.5) is 0 Å². The van der Waals surface area contributed by atoms with Gasteiger partial charge in [0.2, 0.25) is 0 Å². The molecule has 1 aliphatic heterocycles. The second-order valence-electron chi connectivity index (χ2n) is 10.7. The summed E-state index contributed by atoms with van der Waals surface area (Å²) < 4.78 is 6.64. The van der Waals surface area contributed by atoms with Crippen molar-refractivity contribution in [3.8, 4) is 0 Å². The molecule has 5 aliphatic carbocycles. The van der Waals surface area contributed by atoms with Gasteiger partial charge in [-0.1, -0.05) is 43.1 Å². The van der Waals surface area contributed by atoms with Gasteiger partial charge in [0.25, 0.3) is 0 Å². The molecular formula is C25H35NO2. The van der Waals surface area contributed by atoms with Crippen LogP contribution >= 0.6 is 0 Å². The predicted molar refractivity (Wildman–Crippen MR) is 110 cm³/mol. The Morgan fingerprint density at radius 3 is 2.86 bits per heavy atom. The fraction of sp³-hybridized carbons (Fsp3) is 0.800. The lowest BCUT2D eigenvalue weighted by Crippen LogP contribution is -2.57. The van der Waals surface area contributed by atoms with Gasteiger partial charge in [-0.05, 0) is 92.4 Å². The SMILES string of the molecule is CC[C@@H]1CC2=C/C(=N\O)CC[C@@H]2C2CC[C@@]3(CC)C(C21)[C@H]1C[C@H]1[C@@]31C=CCO1. The molecule has 6 aliphatic rings. The van der Waals surface area contributed by atoms with Crippen molar-refractivity contribution in [1.82, 2.24) is 0 Å². The molecule has 1 N–H and O–H groups in total. The van der Waals surface area contributed by atoms with Crippen LogP contribution in [0, 0.1) is 46.8 Å². The van der Waals surface area contributed by atoms with Gasteiger partial charge in [0.15, 0.2) is 0 Å². The molecule has 0 amide bonds. The van der Waals surface area contributed by atoms with Crippen LogP contribution in [-0.4, -0.2) is 23.1 Å². The Labute approximate surface area is 169 Å². The summed E-state index contributed by atoms with van der Waals surface area (Å²) in [5.41, 5.74) is 2.97. The summed E-state index contributed by atoms with van der Waals surface area (Å²) in [4.78, 5) is 0. The Hall–Kier alpha value is -1.09. The molecule has 0 radical (unpaired) electrons. The molecule has 1 heterocycles. The van der Waals surface area contributed by atoms with Gasteiger partial charge in [-0.3, -0.25) is 0 Å². The van der Waals surface area contributed by atoms with E-state index in [1.54, 1.807) is 5.57 Å². The Morgan fingerprint density at radius 1 is 1.25 bits per heavy atom. The van der Waals surface area contributed by atoms with Crippen molar-refractivity contribution < 1.29 is 9.94 Å². The Kier molecular flexibility index (Phi) is 3.78. The fourth-order valence-corrected chi connectivity index (χ4v) is 9.36. The summed E-state index contributed by atoms with van der Waals surface area (Å²) in [5.74, 6) is 5.82. The van der Waals surface area contributed by atoms with Crippen LogP contribution in [0.15, 0.2) is 29.0 Å². The number of ether oxygens (including phenoxy) is 1. The molecule has 3 unspecified atom stereocenters. The lowest BCUT2D eigenvalue weighted by molar-refractivity contribution is -0.151. The van der Waals surface area contributed by atoms with Crippen molar-refractivity contribution >= 4 is 5.71 Å². The first kappa shape index (κ1) is 17.7. The molecule has 152 valence electrons. The molecule has 4 saturated carbocycles. The summed E-state index contributed by atoms with van der Waals surface area (Å²) in [6, 6.07) is 0. The lowest BCUT2D eigenvalue weighted by atomic mass is 9.45. The van der Waals surface area contributed by atoms with E-state index in [0.29, 0.717) is 5.41 Å². The van der Waals surface area contributed by atoms with Crippen LogP contribution in [-0.2, 0) is 4.74 Å². The highest BCUT2D eigenvalue weighted by Gasteiger charge is 2.77. The van der Waals surface area contributed by atoms with Gasteiger partial charge in [0.05, 0.1) is 17.9 Å². The monoisotopic (exact) mass is 381 g/mol. The molecule has 9 atom stereocenters. The first-order valence-corrected chi connectivity index (χ1v) is 11.9. The van der Waals surface area contributed by atoms with E-state index in [4.69, 9.17) is 4.74 Å². The third kappa shape index (κ3) is 1.98. The number of nitrogens with zero attached hydrogens (tertiary/aromatic N) is 1. The van der Waals surface area contributed by atoms with E-state index in [9.17, 15) is 5.21 Å². The number of oxime groups is 1. The highest BCUT2D eigenvalue weighted by molar-refractivity contribution is 5.96. The maximum atomic E-state index is 9.31. The summed E-state index contributed by atoms with van der Waals surface area (Å²) >= 11 is 0. The first-order valence-electron chi connectivity index (χ1n) is 11.9. The number of rotatable bonds is 2. The quantitative estimate of drug-likeness (QED) is 0.384. The van der Waals surface area contributed by atoms with Crippen molar-refractivity contribution in [3.63, 3.8) is 0 Å². The van der Waals surface area contributed by atoms with E-state index in [0.717, 1.165) is 60.2 Å². The van der Waals surface area contributed by atoms with Crippen LogP contribution in [0.3, 0.4) is 0 Å². The molecule has 0 aromatic rings. The minimum Gasteiger partial charge on any atom is -0.411 e. The summed E-state index contributed by atoms with van der Waals surface area (Å²) in [6.45, 7) is 5.70. The summed E-state index contributed by atoms with van der Waals surface area (Å²) in [5, 5.41) is 12.9. The molecule has 28 heavy (non-hydrogen) atoms. The van der Waals surface area contributed by atoms with Crippen LogP contribution in [0.1, 0.15) is 65.2 Å². The molecule has 0 bridgehead atoms. The lowest BCUT2D eigenvalue weighted by Gasteiger charge is -2.60. The van der Waals surface area contributed by atoms with E-state index in [2.05, 4.69) is 37.2 Å². The van der Waals surface area contributed by atoms with E-state index in [1.807, 2.05) is 0 Å². The molecule has 0 saturated heterocycles. The second kappa shape index (κ2) is 5.97. The molecule has 0 aromatic heterocycles. The van der Waals surface area contributed by atoms with E-state index in [-0.39, 0.29) is 5.60 Å². The standard InChI is InChI=1S/C25H35NO2/c1-3-15-12-16-13-17(26-27)6-7-18(16)19-8-10-24(4-2)23(22(15)19)20-14-21(20)25(24)9-5-11-28-25/h5,9,13,15,18-23,27H,3-4,6-8,10-12,14H2,1-2H3/b26-17-/t15-,18+,19?,20+,21-,22?,23?,24+,25+/m1/s1. The van der Waals surface area contributed by atoms with Crippen molar-refractivity contribution in [3.05, 3.63) is 23.8 Å². The number of hydrogen-bond donors (Lipinski definition) is 1. The molecule has 1 spiro atoms. The van der Waals surface area contributed by atoms with Crippen molar-refractivity contribution in [2.75, 3.05) is 6.61 Å². The number of hydrogen-bond acceptors (Lipinski definition) is 3.